The smallest absolute Gasteiger partial charge is 0.0897 e. The molecule has 1 unspecified atom stereocenters. The Bertz CT molecular complexity index is 163. The molecule has 0 aliphatic heterocycles. The summed E-state index contributed by atoms with van der Waals surface area (Å²) in [4.78, 5) is 0. The van der Waals surface area contributed by atoms with E-state index in [9.17, 15) is 5.11 Å². The first-order chi connectivity index (χ1) is 9.81. The van der Waals surface area contributed by atoms with Crippen LogP contribution in [0.15, 0.2) is 0 Å². The molecule has 1 atom stereocenters. The molecular formula is C15H33NO4. The molecule has 122 valence electrons. The zero-order valence-corrected chi connectivity index (χ0v) is 13.2. The van der Waals surface area contributed by atoms with Gasteiger partial charge in [-0.05, 0) is 25.8 Å². The van der Waals surface area contributed by atoms with E-state index in [0.717, 1.165) is 52.0 Å². The zero-order chi connectivity index (χ0) is 14.9. The molecule has 0 amide bonds. The SMILES string of the molecule is CCCCOCCOCC(O)CNCCCOCCC. The minimum Gasteiger partial charge on any atom is -0.389 e. The predicted octanol–water partition coefficient (Wildman–Crippen LogP) is 1.59. The van der Waals surface area contributed by atoms with Gasteiger partial charge in [0.1, 0.15) is 0 Å². The highest BCUT2D eigenvalue weighted by atomic mass is 16.5. The number of hydrogen-bond acceptors (Lipinski definition) is 5. The number of unbranched alkanes of at least 4 members (excludes halogenated alkanes) is 1. The summed E-state index contributed by atoms with van der Waals surface area (Å²) >= 11 is 0. The lowest BCUT2D eigenvalue weighted by Crippen LogP contribution is -2.31. The predicted molar refractivity (Wildman–Crippen MR) is 81.1 cm³/mol. The average molecular weight is 291 g/mol. The zero-order valence-electron chi connectivity index (χ0n) is 13.2. The van der Waals surface area contributed by atoms with Crippen molar-refractivity contribution in [3.63, 3.8) is 0 Å². The molecule has 0 saturated heterocycles. The second-order valence-corrected chi connectivity index (χ2v) is 4.86. The summed E-state index contributed by atoms with van der Waals surface area (Å²) < 4.78 is 16.1. The van der Waals surface area contributed by atoms with E-state index in [1.807, 2.05) is 0 Å². The van der Waals surface area contributed by atoms with Crippen molar-refractivity contribution in [2.75, 3.05) is 52.7 Å². The van der Waals surface area contributed by atoms with Gasteiger partial charge in [0.2, 0.25) is 0 Å². The monoisotopic (exact) mass is 291 g/mol. The Morgan fingerprint density at radius 1 is 0.850 bits per heavy atom. The van der Waals surface area contributed by atoms with Gasteiger partial charge in [-0.2, -0.15) is 0 Å². The molecule has 5 nitrogen and oxygen atoms in total. The van der Waals surface area contributed by atoms with Crippen molar-refractivity contribution in [3.05, 3.63) is 0 Å². The van der Waals surface area contributed by atoms with Gasteiger partial charge in [-0.15, -0.1) is 0 Å². The van der Waals surface area contributed by atoms with Gasteiger partial charge in [0.15, 0.2) is 0 Å². The van der Waals surface area contributed by atoms with E-state index >= 15 is 0 Å². The number of rotatable bonds is 16. The van der Waals surface area contributed by atoms with Crippen LogP contribution in [0.5, 0.6) is 0 Å². The van der Waals surface area contributed by atoms with Crippen LogP contribution in [0.1, 0.15) is 39.5 Å². The highest BCUT2D eigenvalue weighted by Gasteiger charge is 2.03. The summed E-state index contributed by atoms with van der Waals surface area (Å²) in [6.07, 6.45) is 3.82. The van der Waals surface area contributed by atoms with Crippen molar-refractivity contribution in [3.8, 4) is 0 Å². The van der Waals surface area contributed by atoms with Crippen LogP contribution in [0.25, 0.3) is 0 Å². The van der Waals surface area contributed by atoms with Crippen LogP contribution >= 0.6 is 0 Å². The van der Waals surface area contributed by atoms with Gasteiger partial charge in [-0.25, -0.2) is 0 Å². The molecule has 20 heavy (non-hydrogen) atoms. The fourth-order valence-corrected chi connectivity index (χ4v) is 1.56. The fourth-order valence-electron chi connectivity index (χ4n) is 1.56. The molecule has 0 heterocycles. The van der Waals surface area contributed by atoms with E-state index in [4.69, 9.17) is 14.2 Å². The van der Waals surface area contributed by atoms with Crippen LogP contribution in [-0.2, 0) is 14.2 Å². The maximum absolute atomic E-state index is 9.67. The van der Waals surface area contributed by atoms with Gasteiger partial charge in [-0.1, -0.05) is 20.3 Å². The van der Waals surface area contributed by atoms with E-state index < -0.39 is 6.10 Å². The van der Waals surface area contributed by atoms with E-state index in [-0.39, 0.29) is 0 Å². The molecule has 0 spiro atoms. The van der Waals surface area contributed by atoms with E-state index in [0.29, 0.717) is 26.4 Å². The second kappa shape index (κ2) is 16.9. The lowest BCUT2D eigenvalue weighted by atomic mass is 10.3. The van der Waals surface area contributed by atoms with Gasteiger partial charge in [0.05, 0.1) is 25.9 Å². The maximum atomic E-state index is 9.67. The Kier molecular flexibility index (Phi) is 16.7. The Balaban J connectivity index is 3.11. The largest absolute Gasteiger partial charge is 0.389 e. The Morgan fingerprint density at radius 2 is 1.55 bits per heavy atom. The topological polar surface area (TPSA) is 60.0 Å². The third-order valence-corrected chi connectivity index (χ3v) is 2.70. The van der Waals surface area contributed by atoms with Crippen LogP contribution in [0, 0.1) is 0 Å². The molecule has 0 aromatic carbocycles. The van der Waals surface area contributed by atoms with Crippen molar-refractivity contribution in [1.82, 2.24) is 5.32 Å². The number of ether oxygens (including phenoxy) is 3. The van der Waals surface area contributed by atoms with Gasteiger partial charge < -0.3 is 24.6 Å². The summed E-state index contributed by atoms with van der Waals surface area (Å²) in [5.74, 6) is 0. The molecule has 0 rings (SSSR count). The van der Waals surface area contributed by atoms with Crippen LogP contribution in [0.3, 0.4) is 0 Å². The Morgan fingerprint density at radius 3 is 2.30 bits per heavy atom. The number of aliphatic hydroxyl groups is 1. The fraction of sp³-hybridized carbons (Fsp3) is 1.00. The first-order valence-corrected chi connectivity index (χ1v) is 7.93. The van der Waals surface area contributed by atoms with Crippen LogP contribution in [0.4, 0.5) is 0 Å². The van der Waals surface area contributed by atoms with Gasteiger partial charge >= 0.3 is 0 Å². The molecule has 0 aromatic heterocycles. The molecule has 0 fully saturated rings. The second-order valence-electron chi connectivity index (χ2n) is 4.86. The highest BCUT2D eigenvalue weighted by molar-refractivity contribution is 4.58. The van der Waals surface area contributed by atoms with Crippen LogP contribution < -0.4 is 5.32 Å². The maximum Gasteiger partial charge on any atom is 0.0897 e. The third-order valence-electron chi connectivity index (χ3n) is 2.70. The van der Waals surface area contributed by atoms with Crippen molar-refractivity contribution < 1.29 is 19.3 Å². The first-order valence-electron chi connectivity index (χ1n) is 7.93. The van der Waals surface area contributed by atoms with Gasteiger partial charge in [-0.3, -0.25) is 0 Å². The number of aliphatic hydroxyl groups excluding tert-OH is 1. The summed E-state index contributed by atoms with van der Waals surface area (Å²) in [6.45, 7) is 9.58. The standard InChI is InChI=1S/C15H33NO4/c1-3-5-9-19-11-12-20-14-15(17)13-16-7-6-10-18-8-4-2/h15-17H,3-14H2,1-2H3. The van der Waals surface area contributed by atoms with Crippen molar-refractivity contribution in [2.45, 2.75) is 45.6 Å². The number of hydrogen-bond donors (Lipinski definition) is 2. The molecule has 0 aliphatic carbocycles. The molecule has 0 aromatic rings. The van der Waals surface area contributed by atoms with Gasteiger partial charge in [0.25, 0.3) is 0 Å². The highest BCUT2D eigenvalue weighted by Crippen LogP contribution is 1.89. The summed E-state index contributed by atoms with van der Waals surface area (Å²) in [6, 6.07) is 0. The summed E-state index contributed by atoms with van der Waals surface area (Å²) in [5, 5.41) is 12.9. The summed E-state index contributed by atoms with van der Waals surface area (Å²) in [7, 11) is 0. The quantitative estimate of drug-likeness (QED) is 0.423. The molecule has 0 bridgehead atoms. The van der Waals surface area contributed by atoms with Crippen molar-refractivity contribution in [2.24, 2.45) is 0 Å². The van der Waals surface area contributed by atoms with E-state index in [1.54, 1.807) is 0 Å². The summed E-state index contributed by atoms with van der Waals surface area (Å²) in [5.41, 5.74) is 0. The Labute approximate surface area is 124 Å². The van der Waals surface area contributed by atoms with Gasteiger partial charge in [0, 0.05) is 26.4 Å². The lowest BCUT2D eigenvalue weighted by molar-refractivity contribution is 0.00383. The van der Waals surface area contributed by atoms with Crippen molar-refractivity contribution in [1.29, 1.82) is 0 Å². The van der Waals surface area contributed by atoms with E-state index in [1.165, 1.54) is 0 Å². The molecule has 5 heteroatoms. The molecular weight excluding hydrogens is 258 g/mol. The van der Waals surface area contributed by atoms with Crippen LogP contribution in [-0.4, -0.2) is 63.9 Å². The lowest BCUT2D eigenvalue weighted by Gasteiger charge is -2.12. The molecule has 0 saturated carbocycles. The number of nitrogens with one attached hydrogen (secondary N) is 1. The third kappa shape index (κ3) is 15.9. The minimum absolute atomic E-state index is 0.358. The average Bonchev–Trinajstić information content (AvgIpc) is 2.45. The van der Waals surface area contributed by atoms with E-state index in [2.05, 4.69) is 19.2 Å². The first kappa shape index (κ1) is 19.8. The molecule has 0 radical (unpaired) electrons. The molecule has 2 N–H and O–H groups in total. The molecule has 0 aliphatic rings. The van der Waals surface area contributed by atoms with Crippen molar-refractivity contribution >= 4 is 0 Å². The van der Waals surface area contributed by atoms with Crippen LogP contribution in [0.2, 0.25) is 0 Å². The minimum atomic E-state index is -0.456. The Hall–Kier alpha value is -0.200. The normalized spacial score (nSPS) is 12.8.